The van der Waals surface area contributed by atoms with E-state index in [2.05, 4.69) is 0 Å². The molecule has 56 heavy (non-hydrogen) atoms. The molecule has 0 saturated heterocycles. The van der Waals surface area contributed by atoms with E-state index in [-0.39, 0.29) is 67.3 Å². The minimum atomic E-state index is -5.80. The van der Waals surface area contributed by atoms with Crippen molar-refractivity contribution >= 4 is 56.1 Å². The predicted molar refractivity (Wildman–Crippen MR) is 216 cm³/mol. The van der Waals surface area contributed by atoms with Crippen molar-refractivity contribution in [3.05, 3.63) is 93.2 Å². The van der Waals surface area contributed by atoms with Gasteiger partial charge in [-0.1, -0.05) is 86.6 Å². The molecule has 1 aliphatic carbocycles. The van der Waals surface area contributed by atoms with E-state index in [4.69, 9.17) is 13.9 Å². The molecule has 294 valence electrons. The van der Waals surface area contributed by atoms with E-state index in [0.29, 0.717) is 14.6 Å². The van der Waals surface area contributed by atoms with Crippen LogP contribution in [0.4, 0.5) is 26.3 Å². The highest BCUT2D eigenvalue weighted by Gasteiger charge is 2.81. The zero-order valence-electron chi connectivity index (χ0n) is 32.3. The number of hydrogen-bond acceptors (Lipinski definition) is 6. The molecular weight excluding hydrogens is 787 g/mol. The predicted octanol–water partition coefficient (Wildman–Crippen LogP) is 15.1. The summed E-state index contributed by atoms with van der Waals surface area (Å²) in [6.45, 7) is 18.0. The van der Waals surface area contributed by atoms with Gasteiger partial charge in [-0.05, 0) is 58.2 Å². The molecule has 4 aromatic heterocycles. The van der Waals surface area contributed by atoms with Crippen molar-refractivity contribution in [1.29, 1.82) is 0 Å². The Morgan fingerprint density at radius 1 is 0.571 bits per heavy atom. The fourth-order valence-electron chi connectivity index (χ4n) is 7.09. The van der Waals surface area contributed by atoms with Crippen LogP contribution in [0, 0.1) is 0 Å². The van der Waals surface area contributed by atoms with Crippen molar-refractivity contribution in [2.45, 2.75) is 96.3 Å². The summed E-state index contributed by atoms with van der Waals surface area (Å²) in [4.78, 5) is 3.86. The molecule has 0 radical (unpaired) electrons. The third-order valence-electron chi connectivity index (χ3n) is 10.3. The maximum atomic E-state index is 16.9. The SMILES string of the molecule is CC(C)(C)c1ccc(-c2oc3cc4c(cc3c2C2=C(c3cc(-c5ccc(C(C)(C)C)s5)sc3-c3ccc(C(C)(C)C)s3)C(F)(F)C(F)(F)C2(F)F)OCO4)cc1. The highest BCUT2D eigenvalue weighted by molar-refractivity contribution is 7.26. The molecule has 0 N–H and O–H groups in total. The van der Waals surface area contributed by atoms with Crippen LogP contribution in [-0.4, -0.2) is 24.6 Å². The lowest BCUT2D eigenvalue weighted by atomic mass is 9.86. The topological polar surface area (TPSA) is 31.6 Å². The van der Waals surface area contributed by atoms with E-state index in [1.807, 2.05) is 80.5 Å². The number of thiophene rings is 3. The first-order valence-electron chi connectivity index (χ1n) is 18.1. The van der Waals surface area contributed by atoms with Gasteiger partial charge in [0.1, 0.15) is 11.3 Å². The third kappa shape index (κ3) is 5.95. The van der Waals surface area contributed by atoms with Gasteiger partial charge < -0.3 is 13.9 Å². The second kappa shape index (κ2) is 12.5. The summed E-state index contributed by atoms with van der Waals surface area (Å²) < 4.78 is 117. The second-order valence-electron chi connectivity index (χ2n) is 17.5. The Kier molecular flexibility index (Phi) is 8.67. The van der Waals surface area contributed by atoms with E-state index >= 15 is 26.3 Å². The number of halogens is 6. The largest absolute Gasteiger partial charge is 0.455 e. The summed E-state index contributed by atoms with van der Waals surface area (Å²) in [7, 11) is 0. The van der Waals surface area contributed by atoms with Gasteiger partial charge in [0.2, 0.25) is 6.79 Å². The van der Waals surface area contributed by atoms with Crippen LogP contribution in [0.1, 0.15) is 88.8 Å². The molecule has 8 rings (SSSR count). The van der Waals surface area contributed by atoms with Gasteiger partial charge in [-0.15, -0.1) is 34.0 Å². The highest BCUT2D eigenvalue weighted by atomic mass is 32.1. The van der Waals surface area contributed by atoms with E-state index in [1.165, 1.54) is 40.9 Å². The standard InChI is InChI=1S/C44H40F6O3S3/c1-39(2,3)23-12-10-22(11-13-23)37-34(24-18-27-28(52-21-51-27)20-26(24)53-37)36-35(42(45,46)44(49,50)43(36,47)48)25-19-31(29-14-16-32(54-29)40(4,5)6)56-38(25)30-15-17-33(55-30)41(7,8)9/h10-20H,21H2,1-9H3. The number of furan rings is 1. The first-order valence-corrected chi connectivity index (χ1v) is 20.6. The maximum Gasteiger partial charge on any atom is 0.380 e. The van der Waals surface area contributed by atoms with Crippen LogP contribution in [0.2, 0.25) is 0 Å². The van der Waals surface area contributed by atoms with Gasteiger partial charge in [0, 0.05) is 63.7 Å². The van der Waals surface area contributed by atoms with Gasteiger partial charge in [-0.2, -0.15) is 26.3 Å². The molecule has 0 bridgehead atoms. The third-order valence-corrected chi connectivity index (χ3v) is 14.8. The first kappa shape index (κ1) is 38.9. The molecule has 0 fully saturated rings. The molecule has 3 nitrogen and oxygen atoms in total. The van der Waals surface area contributed by atoms with E-state index in [1.54, 1.807) is 30.3 Å². The van der Waals surface area contributed by atoms with Gasteiger partial charge in [0.15, 0.2) is 11.5 Å². The Labute approximate surface area is 333 Å². The van der Waals surface area contributed by atoms with E-state index in [9.17, 15) is 0 Å². The van der Waals surface area contributed by atoms with Crippen molar-refractivity contribution in [3.63, 3.8) is 0 Å². The number of allylic oxidation sites excluding steroid dienone is 2. The fourth-order valence-corrected chi connectivity index (χ4v) is 10.6. The molecule has 0 saturated carbocycles. The van der Waals surface area contributed by atoms with Gasteiger partial charge in [0.25, 0.3) is 0 Å². The minimum Gasteiger partial charge on any atom is -0.455 e. The number of ether oxygens (including phenoxy) is 2. The van der Waals surface area contributed by atoms with Crippen molar-refractivity contribution in [3.8, 4) is 42.3 Å². The van der Waals surface area contributed by atoms with Gasteiger partial charge >= 0.3 is 17.8 Å². The van der Waals surface area contributed by atoms with Crippen LogP contribution in [0.15, 0.2) is 71.1 Å². The molecule has 5 heterocycles. The zero-order chi connectivity index (χ0) is 40.5. The maximum absolute atomic E-state index is 16.9. The molecule has 2 aliphatic rings. The molecule has 1 aliphatic heterocycles. The quantitative estimate of drug-likeness (QED) is 0.162. The van der Waals surface area contributed by atoms with Crippen molar-refractivity contribution < 1.29 is 40.2 Å². The Morgan fingerprint density at radius 2 is 1.12 bits per heavy atom. The van der Waals surface area contributed by atoms with Crippen LogP contribution in [0.5, 0.6) is 11.5 Å². The first-order chi connectivity index (χ1) is 25.9. The summed E-state index contributed by atoms with van der Waals surface area (Å²) in [6.07, 6.45) is 0. The van der Waals surface area contributed by atoms with Crippen LogP contribution in [0.25, 0.3) is 52.9 Å². The Balaban J connectivity index is 1.48. The molecule has 0 atom stereocenters. The molecule has 12 heteroatoms. The zero-order valence-corrected chi connectivity index (χ0v) is 34.7. The smallest absolute Gasteiger partial charge is 0.380 e. The Morgan fingerprint density at radius 3 is 1.70 bits per heavy atom. The van der Waals surface area contributed by atoms with Crippen LogP contribution < -0.4 is 9.47 Å². The number of alkyl halides is 6. The number of hydrogen-bond donors (Lipinski definition) is 0. The van der Waals surface area contributed by atoms with Crippen LogP contribution >= 0.6 is 34.0 Å². The average molecular weight is 827 g/mol. The van der Waals surface area contributed by atoms with Gasteiger partial charge in [0.05, 0.1) is 4.88 Å². The molecule has 6 aromatic rings. The van der Waals surface area contributed by atoms with Crippen LogP contribution in [0.3, 0.4) is 0 Å². The summed E-state index contributed by atoms with van der Waals surface area (Å²) in [6, 6.07) is 18.4. The molecule has 0 spiro atoms. The monoisotopic (exact) mass is 826 g/mol. The summed E-state index contributed by atoms with van der Waals surface area (Å²) in [5.41, 5.74) is -3.51. The molecule has 2 aromatic carbocycles. The Bertz CT molecular complexity index is 2540. The Hall–Kier alpha value is -4.00. The molecular formula is C44H40F6O3S3. The second-order valence-corrected chi connectivity index (χ2v) is 20.7. The van der Waals surface area contributed by atoms with Gasteiger partial charge in [-0.3, -0.25) is 0 Å². The summed E-state index contributed by atoms with van der Waals surface area (Å²) in [5, 5.41) is -0.0824. The lowest BCUT2D eigenvalue weighted by molar-refractivity contribution is -0.254. The lowest BCUT2D eigenvalue weighted by Gasteiger charge is -2.26. The number of rotatable bonds is 5. The van der Waals surface area contributed by atoms with E-state index < -0.39 is 34.5 Å². The summed E-state index contributed by atoms with van der Waals surface area (Å²) >= 11 is 3.90. The molecule has 0 amide bonds. The summed E-state index contributed by atoms with van der Waals surface area (Å²) in [5.74, 6) is -16.3. The van der Waals surface area contributed by atoms with Crippen molar-refractivity contribution in [2.75, 3.05) is 6.79 Å². The number of benzene rings is 2. The van der Waals surface area contributed by atoms with Crippen molar-refractivity contribution in [2.24, 2.45) is 0 Å². The van der Waals surface area contributed by atoms with Crippen molar-refractivity contribution in [1.82, 2.24) is 0 Å². The fraction of sp³-hybridized carbons (Fsp3) is 0.364. The normalized spacial score (nSPS) is 17.8. The average Bonchev–Trinajstić information content (AvgIpc) is 3.93. The highest BCUT2D eigenvalue weighted by Crippen LogP contribution is 2.68. The van der Waals surface area contributed by atoms with Gasteiger partial charge in [-0.25, -0.2) is 0 Å². The molecule has 0 unspecified atom stereocenters. The van der Waals surface area contributed by atoms with Crippen LogP contribution in [-0.2, 0) is 16.2 Å². The lowest BCUT2D eigenvalue weighted by Crippen LogP contribution is -2.48. The minimum absolute atomic E-state index is 0.00654. The number of fused-ring (bicyclic) bond motifs is 2. The van der Waals surface area contributed by atoms with E-state index in [0.717, 1.165) is 26.7 Å².